The van der Waals surface area contributed by atoms with Crippen molar-refractivity contribution in [3.63, 3.8) is 0 Å². The van der Waals surface area contributed by atoms with Crippen molar-refractivity contribution >= 4 is 12.1 Å². The minimum absolute atomic E-state index is 0. The standard InChI is InChI=1S/C12H11N4O5.Au/c17-9-3-1-7(2-4-9)10(11(18)19)14-12(20)21-6-8-5-13-16-15-8;/h1-4,10,17H,6H2,(H,14,20)(H,18,19)(H,13,15,16);/q-1;+1/t10-;/m1./s1. The van der Waals surface area contributed by atoms with Crippen LogP contribution in [-0.2, 0) is 38.5 Å². The number of phenols is 1. The fraction of sp³-hybridized carbons (Fsp3) is 0.167. The molecule has 0 spiro atoms. The largest absolute Gasteiger partial charge is 1.00 e. The Morgan fingerprint density at radius 3 is 2.59 bits per heavy atom. The third-order valence-electron chi connectivity index (χ3n) is 2.50. The van der Waals surface area contributed by atoms with Gasteiger partial charge < -0.3 is 31.6 Å². The Bertz CT molecular complexity index is 617. The van der Waals surface area contributed by atoms with Crippen LogP contribution in [0.25, 0.3) is 0 Å². The summed E-state index contributed by atoms with van der Waals surface area (Å²) in [5.74, 6) is -1.26. The molecule has 0 fully saturated rings. The predicted octanol–water partition coefficient (Wildman–Crippen LogP) is 0.360. The molecule has 2 rings (SSSR count). The molecule has 9 nitrogen and oxygen atoms in total. The number of aromatic hydroxyl groups is 1. The zero-order valence-corrected chi connectivity index (χ0v) is 13.1. The fourth-order valence-corrected chi connectivity index (χ4v) is 1.51. The van der Waals surface area contributed by atoms with Crippen LogP contribution in [0.15, 0.2) is 24.3 Å². The first kappa shape index (κ1) is 17.7. The summed E-state index contributed by atoms with van der Waals surface area (Å²) in [5, 5.41) is 29.7. The van der Waals surface area contributed by atoms with Crippen LogP contribution in [0, 0.1) is 6.20 Å². The smallest absolute Gasteiger partial charge is 0.508 e. The Kier molecular flexibility index (Phi) is 6.57. The van der Waals surface area contributed by atoms with Gasteiger partial charge in [-0.25, -0.2) is 9.59 Å². The number of carbonyl (C=O) groups excluding carboxylic acids is 1. The number of aromatic amines is 1. The topological polar surface area (TPSA) is 137 Å². The van der Waals surface area contributed by atoms with E-state index in [1.54, 1.807) is 0 Å². The van der Waals surface area contributed by atoms with E-state index in [4.69, 9.17) is 9.84 Å². The van der Waals surface area contributed by atoms with Crippen LogP contribution >= 0.6 is 0 Å². The number of rotatable bonds is 5. The molecule has 4 N–H and O–H groups in total. The van der Waals surface area contributed by atoms with E-state index in [-0.39, 0.29) is 34.7 Å². The molecule has 0 aliphatic carbocycles. The molecule has 0 unspecified atom stereocenters. The van der Waals surface area contributed by atoms with E-state index < -0.39 is 18.1 Å². The summed E-state index contributed by atoms with van der Waals surface area (Å²) in [6.07, 6.45) is 1.52. The summed E-state index contributed by atoms with van der Waals surface area (Å²) in [6.45, 7) is -0.166. The van der Waals surface area contributed by atoms with E-state index in [0.717, 1.165) is 0 Å². The van der Waals surface area contributed by atoms with Gasteiger partial charge in [-0.2, -0.15) is 0 Å². The summed E-state index contributed by atoms with van der Waals surface area (Å²) >= 11 is 0. The molecule has 1 heterocycles. The molecular weight excluding hydrogens is 477 g/mol. The SMILES string of the molecule is O=C(N[C@@H](C(=O)O)c1ccc(O)cc1)OCc1[c-]nn[nH]1.[Au+]. The molecule has 1 aromatic heterocycles. The molecule has 0 bridgehead atoms. The molecule has 10 heteroatoms. The molecule has 2 aromatic rings. The van der Waals surface area contributed by atoms with Crippen LogP contribution in [0.4, 0.5) is 4.79 Å². The first-order chi connectivity index (χ1) is 10.1. The summed E-state index contributed by atoms with van der Waals surface area (Å²) in [5.41, 5.74) is 0.647. The molecule has 120 valence electrons. The number of ether oxygens (including phenoxy) is 1. The van der Waals surface area contributed by atoms with Crippen molar-refractivity contribution in [2.75, 3.05) is 0 Å². The van der Waals surface area contributed by atoms with Crippen molar-refractivity contribution < 1.29 is 46.9 Å². The van der Waals surface area contributed by atoms with Crippen LogP contribution in [0.1, 0.15) is 17.3 Å². The van der Waals surface area contributed by atoms with Crippen LogP contribution in [0.3, 0.4) is 0 Å². The van der Waals surface area contributed by atoms with Gasteiger partial charge in [0.2, 0.25) is 0 Å². The minimum atomic E-state index is -1.29. The molecule has 1 amide bonds. The Morgan fingerprint density at radius 1 is 1.36 bits per heavy atom. The maximum atomic E-state index is 11.6. The van der Waals surface area contributed by atoms with Gasteiger partial charge >= 0.3 is 34.4 Å². The Morgan fingerprint density at radius 2 is 2.05 bits per heavy atom. The van der Waals surface area contributed by atoms with Gasteiger partial charge in [-0.1, -0.05) is 17.8 Å². The van der Waals surface area contributed by atoms with Gasteiger partial charge in [-0.05, 0) is 17.7 Å². The molecule has 0 saturated carbocycles. The van der Waals surface area contributed by atoms with Gasteiger partial charge in [0.15, 0.2) is 6.04 Å². The average molecular weight is 488 g/mol. The predicted molar refractivity (Wildman–Crippen MR) is 67.0 cm³/mol. The molecule has 0 aliphatic heterocycles. The van der Waals surface area contributed by atoms with E-state index in [9.17, 15) is 14.7 Å². The van der Waals surface area contributed by atoms with Crippen LogP contribution in [-0.4, -0.2) is 37.7 Å². The van der Waals surface area contributed by atoms with Crippen molar-refractivity contribution in [2.24, 2.45) is 0 Å². The maximum absolute atomic E-state index is 11.6. The number of carbonyl (C=O) groups is 2. The maximum Gasteiger partial charge on any atom is 1.00 e. The number of aliphatic carboxylic acids is 1. The second-order valence-electron chi connectivity index (χ2n) is 3.99. The number of carboxylic acids is 1. The fourth-order valence-electron chi connectivity index (χ4n) is 1.51. The van der Waals surface area contributed by atoms with Gasteiger partial charge in [0, 0.05) is 0 Å². The number of nitrogens with one attached hydrogen (secondary N) is 2. The van der Waals surface area contributed by atoms with Gasteiger partial charge in [0.1, 0.15) is 12.4 Å². The molecular formula is C12H11AuN4O5. The van der Waals surface area contributed by atoms with E-state index in [0.29, 0.717) is 11.3 Å². The number of benzene rings is 1. The Hall–Kier alpha value is -2.36. The monoisotopic (exact) mass is 488 g/mol. The van der Waals surface area contributed by atoms with Crippen LogP contribution < -0.4 is 5.32 Å². The number of H-pyrrole nitrogens is 1. The number of hydrogen-bond acceptors (Lipinski definition) is 6. The number of nitrogens with zero attached hydrogens (tertiary/aromatic N) is 2. The van der Waals surface area contributed by atoms with Crippen molar-refractivity contribution in [3.8, 4) is 5.75 Å². The Labute approximate surface area is 140 Å². The second kappa shape index (κ2) is 8.17. The number of aromatic nitrogens is 3. The third-order valence-corrected chi connectivity index (χ3v) is 2.50. The Balaban J connectivity index is 0.00000242. The van der Waals surface area contributed by atoms with Crippen molar-refractivity contribution in [1.29, 1.82) is 0 Å². The summed E-state index contributed by atoms with van der Waals surface area (Å²) in [6, 6.07) is 4.14. The van der Waals surface area contributed by atoms with Crippen molar-refractivity contribution in [1.82, 2.24) is 20.7 Å². The van der Waals surface area contributed by atoms with Crippen molar-refractivity contribution in [3.05, 3.63) is 41.7 Å². The van der Waals surface area contributed by atoms with E-state index in [1.807, 2.05) is 0 Å². The van der Waals surface area contributed by atoms with Crippen molar-refractivity contribution in [2.45, 2.75) is 12.6 Å². The molecule has 22 heavy (non-hydrogen) atoms. The number of carboxylic acid groups (broad SMARTS) is 1. The zero-order valence-electron chi connectivity index (χ0n) is 10.9. The summed E-state index contributed by atoms with van der Waals surface area (Å²) < 4.78 is 4.81. The van der Waals surface area contributed by atoms with Crippen LogP contribution in [0.5, 0.6) is 5.75 Å². The molecule has 0 saturated heterocycles. The molecule has 1 atom stereocenters. The number of phenolic OH excluding ortho intramolecular Hbond substituents is 1. The van der Waals surface area contributed by atoms with E-state index >= 15 is 0 Å². The molecule has 1 aromatic carbocycles. The quantitative estimate of drug-likeness (QED) is 0.353. The third kappa shape index (κ3) is 4.88. The van der Waals surface area contributed by atoms with E-state index in [2.05, 4.69) is 26.9 Å². The molecule has 0 aliphatic rings. The summed E-state index contributed by atoms with van der Waals surface area (Å²) in [7, 11) is 0. The number of alkyl carbamates (subject to hydrolysis) is 1. The normalized spacial score (nSPS) is 11.1. The van der Waals surface area contributed by atoms with Gasteiger partial charge in [0.05, 0.1) is 0 Å². The minimum Gasteiger partial charge on any atom is -0.508 e. The first-order valence-corrected chi connectivity index (χ1v) is 5.79. The van der Waals surface area contributed by atoms with Gasteiger partial charge in [-0.3, -0.25) is 5.10 Å². The van der Waals surface area contributed by atoms with Crippen LogP contribution in [0.2, 0.25) is 0 Å². The zero-order chi connectivity index (χ0) is 15.2. The van der Waals surface area contributed by atoms with Gasteiger partial charge in [0.25, 0.3) is 0 Å². The van der Waals surface area contributed by atoms with Gasteiger partial charge in [-0.15, -0.1) is 5.21 Å². The second-order valence-corrected chi connectivity index (χ2v) is 3.99. The first-order valence-electron chi connectivity index (χ1n) is 5.79. The summed E-state index contributed by atoms with van der Waals surface area (Å²) in [4.78, 5) is 22.8. The molecule has 0 radical (unpaired) electrons. The number of hydrogen-bond donors (Lipinski definition) is 4. The number of amides is 1. The van der Waals surface area contributed by atoms with E-state index in [1.165, 1.54) is 24.3 Å². The average Bonchev–Trinajstić information content (AvgIpc) is 2.97.